The predicted molar refractivity (Wildman–Crippen MR) is 87.0 cm³/mol. The van der Waals surface area contributed by atoms with Gasteiger partial charge in [-0.2, -0.15) is 0 Å². The monoisotopic (exact) mass is 294 g/mol. The third kappa shape index (κ3) is 3.55. The fourth-order valence-corrected chi connectivity index (χ4v) is 3.85. The minimum atomic E-state index is 0.399. The minimum Gasteiger partial charge on any atom is -0.330 e. The Hall–Kier alpha value is -0.570. The van der Waals surface area contributed by atoms with Crippen LogP contribution in [0.25, 0.3) is 0 Å². The van der Waals surface area contributed by atoms with Gasteiger partial charge >= 0.3 is 0 Å². The molecule has 2 N–H and O–H groups in total. The van der Waals surface area contributed by atoms with Crippen molar-refractivity contribution in [2.45, 2.75) is 51.6 Å². The van der Waals surface area contributed by atoms with Crippen molar-refractivity contribution >= 4 is 11.6 Å². The van der Waals surface area contributed by atoms with Crippen LogP contribution in [0.4, 0.5) is 0 Å². The summed E-state index contributed by atoms with van der Waals surface area (Å²) in [6.45, 7) is 6.42. The lowest BCUT2D eigenvalue weighted by atomic mass is 9.82. The summed E-state index contributed by atoms with van der Waals surface area (Å²) in [6, 6.07) is 9.28. The molecule has 1 aromatic rings. The molecule has 0 amide bonds. The van der Waals surface area contributed by atoms with E-state index >= 15 is 0 Å². The van der Waals surface area contributed by atoms with E-state index in [1.54, 1.807) is 0 Å². The van der Waals surface area contributed by atoms with Gasteiger partial charge in [0.25, 0.3) is 0 Å². The summed E-state index contributed by atoms with van der Waals surface area (Å²) in [5, 5.41) is 0.824. The first-order valence-electron chi connectivity index (χ1n) is 7.88. The highest BCUT2D eigenvalue weighted by molar-refractivity contribution is 6.30. The highest BCUT2D eigenvalue weighted by atomic mass is 35.5. The van der Waals surface area contributed by atoms with Crippen LogP contribution in [0.15, 0.2) is 24.3 Å². The van der Waals surface area contributed by atoms with E-state index in [4.69, 9.17) is 17.3 Å². The second-order valence-corrected chi connectivity index (χ2v) is 6.35. The van der Waals surface area contributed by atoms with Crippen LogP contribution in [0.1, 0.15) is 51.1 Å². The van der Waals surface area contributed by atoms with Crippen molar-refractivity contribution in [2.75, 3.05) is 13.1 Å². The van der Waals surface area contributed by atoms with E-state index in [2.05, 4.69) is 30.9 Å². The zero-order valence-corrected chi connectivity index (χ0v) is 13.4. The first kappa shape index (κ1) is 15.8. The summed E-state index contributed by atoms with van der Waals surface area (Å²) in [5.41, 5.74) is 7.31. The molecule has 1 aliphatic carbocycles. The van der Waals surface area contributed by atoms with Gasteiger partial charge in [-0.3, -0.25) is 4.90 Å². The summed E-state index contributed by atoms with van der Waals surface area (Å²) in [7, 11) is 0. The van der Waals surface area contributed by atoms with E-state index in [-0.39, 0.29) is 0 Å². The molecule has 1 saturated carbocycles. The number of rotatable bonds is 5. The molecule has 0 spiro atoms. The summed E-state index contributed by atoms with van der Waals surface area (Å²) < 4.78 is 0. The summed E-state index contributed by atoms with van der Waals surface area (Å²) >= 11 is 6.14. The maximum Gasteiger partial charge on any atom is 0.0409 e. The maximum absolute atomic E-state index is 6.14. The molecule has 0 aromatic heterocycles. The molecule has 0 aliphatic heterocycles. The molecule has 112 valence electrons. The molecular weight excluding hydrogens is 268 g/mol. The SMILES string of the molecule is CCN(C(C)c1cccc(Cl)c1)C1CCCCC1CN. The standard InChI is InChI=1S/C17H27ClN2/c1-3-20(17-10-5-4-7-15(17)12-19)13(2)14-8-6-9-16(18)11-14/h6,8-9,11,13,15,17H,3-5,7,10,12,19H2,1-2H3. The van der Waals surface area contributed by atoms with Gasteiger partial charge in [-0.1, -0.05) is 43.5 Å². The van der Waals surface area contributed by atoms with Crippen molar-refractivity contribution in [3.05, 3.63) is 34.9 Å². The second kappa shape index (κ2) is 7.44. The number of nitrogens with two attached hydrogens (primary N) is 1. The number of halogens is 1. The molecule has 1 aromatic carbocycles. The molecule has 1 aliphatic rings. The number of hydrogen-bond acceptors (Lipinski definition) is 2. The molecule has 1 fully saturated rings. The Balaban J connectivity index is 2.17. The minimum absolute atomic E-state index is 0.399. The average Bonchev–Trinajstić information content (AvgIpc) is 2.48. The van der Waals surface area contributed by atoms with Crippen molar-refractivity contribution in [2.24, 2.45) is 11.7 Å². The third-order valence-electron chi connectivity index (χ3n) is 4.79. The van der Waals surface area contributed by atoms with E-state index in [1.807, 2.05) is 12.1 Å². The Kier molecular flexibility index (Phi) is 5.88. The van der Waals surface area contributed by atoms with Crippen LogP contribution in [0.5, 0.6) is 0 Å². The van der Waals surface area contributed by atoms with Crippen molar-refractivity contribution < 1.29 is 0 Å². The molecule has 3 heteroatoms. The molecule has 3 atom stereocenters. The Morgan fingerprint density at radius 2 is 2.10 bits per heavy atom. The maximum atomic E-state index is 6.14. The van der Waals surface area contributed by atoms with Crippen LogP contribution in [-0.2, 0) is 0 Å². The second-order valence-electron chi connectivity index (χ2n) is 5.91. The van der Waals surface area contributed by atoms with Crippen LogP contribution in [0.2, 0.25) is 5.02 Å². The van der Waals surface area contributed by atoms with Crippen LogP contribution in [-0.4, -0.2) is 24.0 Å². The van der Waals surface area contributed by atoms with Crippen molar-refractivity contribution in [1.82, 2.24) is 4.90 Å². The van der Waals surface area contributed by atoms with Gasteiger partial charge in [0.2, 0.25) is 0 Å². The van der Waals surface area contributed by atoms with Gasteiger partial charge < -0.3 is 5.73 Å². The molecule has 0 bridgehead atoms. The summed E-state index contributed by atoms with van der Waals surface area (Å²) in [6.07, 6.45) is 5.22. The number of nitrogens with zero attached hydrogens (tertiary/aromatic N) is 1. The molecule has 2 rings (SSSR count). The lowest BCUT2D eigenvalue weighted by Crippen LogP contribution is -2.46. The zero-order valence-electron chi connectivity index (χ0n) is 12.7. The fourth-order valence-electron chi connectivity index (χ4n) is 3.65. The van der Waals surface area contributed by atoms with Gasteiger partial charge in [-0.15, -0.1) is 0 Å². The largest absolute Gasteiger partial charge is 0.330 e. The number of benzene rings is 1. The van der Waals surface area contributed by atoms with Crippen molar-refractivity contribution in [3.8, 4) is 0 Å². The first-order chi connectivity index (χ1) is 9.67. The Bertz CT molecular complexity index is 421. The molecular formula is C17H27ClN2. The summed E-state index contributed by atoms with van der Waals surface area (Å²) in [5.74, 6) is 0.644. The highest BCUT2D eigenvalue weighted by Gasteiger charge is 2.31. The smallest absolute Gasteiger partial charge is 0.0409 e. The average molecular weight is 295 g/mol. The van der Waals surface area contributed by atoms with E-state index < -0.39 is 0 Å². The number of hydrogen-bond donors (Lipinski definition) is 1. The fraction of sp³-hybridized carbons (Fsp3) is 0.647. The van der Waals surface area contributed by atoms with Crippen LogP contribution >= 0.6 is 11.6 Å². The Morgan fingerprint density at radius 3 is 2.75 bits per heavy atom. The molecule has 3 unspecified atom stereocenters. The molecule has 0 radical (unpaired) electrons. The van der Waals surface area contributed by atoms with Gasteiger partial charge in [0.05, 0.1) is 0 Å². The molecule has 0 heterocycles. The first-order valence-corrected chi connectivity index (χ1v) is 8.26. The van der Waals surface area contributed by atoms with E-state index in [0.717, 1.165) is 18.1 Å². The Morgan fingerprint density at radius 1 is 1.35 bits per heavy atom. The third-order valence-corrected chi connectivity index (χ3v) is 5.03. The van der Waals surface area contributed by atoms with E-state index in [0.29, 0.717) is 18.0 Å². The molecule has 0 saturated heterocycles. The normalized spacial score (nSPS) is 24.9. The van der Waals surface area contributed by atoms with Gasteiger partial charge in [0.1, 0.15) is 0 Å². The van der Waals surface area contributed by atoms with Gasteiger partial charge in [-0.05, 0) is 56.5 Å². The zero-order chi connectivity index (χ0) is 14.5. The molecule has 20 heavy (non-hydrogen) atoms. The van der Waals surface area contributed by atoms with E-state index in [9.17, 15) is 0 Å². The van der Waals surface area contributed by atoms with Crippen molar-refractivity contribution in [3.63, 3.8) is 0 Å². The Labute approximate surface area is 128 Å². The highest BCUT2D eigenvalue weighted by Crippen LogP contribution is 2.33. The van der Waals surface area contributed by atoms with Crippen LogP contribution in [0, 0.1) is 5.92 Å². The predicted octanol–water partition coefficient (Wildman–Crippen LogP) is 4.24. The lowest BCUT2D eigenvalue weighted by Gasteiger charge is -2.42. The van der Waals surface area contributed by atoms with E-state index in [1.165, 1.54) is 31.2 Å². The van der Waals surface area contributed by atoms with Gasteiger partial charge in [0.15, 0.2) is 0 Å². The quantitative estimate of drug-likeness (QED) is 0.880. The van der Waals surface area contributed by atoms with Crippen molar-refractivity contribution in [1.29, 1.82) is 0 Å². The summed E-state index contributed by atoms with van der Waals surface area (Å²) in [4.78, 5) is 2.61. The van der Waals surface area contributed by atoms with Gasteiger partial charge in [0, 0.05) is 17.1 Å². The van der Waals surface area contributed by atoms with Crippen LogP contribution in [0.3, 0.4) is 0 Å². The molecule has 2 nitrogen and oxygen atoms in total. The topological polar surface area (TPSA) is 29.3 Å². The van der Waals surface area contributed by atoms with Crippen LogP contribution < -0.4 is 5.73 Å². The van der Waals surface area contributed by atoms with Gasteiger partial charge in [-0.25, -0.2) is 0 Å². The lowest BCUT2D eigenvalue weighted by molar-refractivity contribution is 0.0769.